The third-order valence-corrected chi connectivity index (χ3v) is 3.64. The van der Waals surface area contributed by atoms with Gasteiger partial charge in [-0.25, -0.2) is 4.79 Å². The van der Waals surface area contributed by atoms with Crippen LogP contribution < -0.4 is 0 Å². The van der Waals surface area contributed by atoms with Crippen LogP contribution >= 0.6 is 15.9 Å². The minimum absolute atomic E-state index is 0.00672. The van der Waals surface area contributed by atoms with Crippen LogP contribution in [-0.2, 0) is 14.2 Å². The summed E-state index contributed by atoms with van der Waals surface area (Å²) in [6.07, 6.45) is 0.722. The summed E-state index contributed by atoms with van der Waals surface area (Å²) in [5.41, 5.74) is -0.466. The Morgan fingerprint density at radius 3 is 2.55 bits per heavy atom. The molecule has 20 heavy (non-hydrogen) atoms. The molecule has 0 N–H and O–H groups in total. The van der Waals surface area contributed by atoms with Gasteiger partial charge in [-0.15, -0.1) is 0 Å². The van der Waals surface area contributed by atoms with Gasteiger partial charge in [-0.2, -0.15) is 0 Å². The molecule has 0 aliphatic carbocycles. The van der Waals surface area contributed by atoms with Crippen LogP contribution in [0, 0.1) is 0 Å². The Balaban J connectivity index is 2.30. The number of nitrogens with zero attached hydrogens (tertiary/aromatic N) is 1. The second-order valence-electron chi connectivity index (χ2n) is 5.92. The predicted molar refractivity (Wildman–Crippen MR) is 81.4 cm³/mol. The standard InChI is InChI=1S/C14H26BrNO4/c1-5-6-18-7-8-19-12-10-16(9-11(12)15)13(17)20-14(2,3)4/h11-12H,5-10H2,1-4H3. The monoisotopic (exact) mass is 351 g/mol. The van der Waals surface area contributed by atoms with E-state index in [0.717, 1.165) is 13.0 Å². The van der Waals surface area contributed by atoms with Gasteiger partial charge in [0.1, 0.15) is 5.60 Å². The number of halogens is 1. The van der Waals surface area contributed by atoms with Crippen LogP contribution in [0.2, 0.25) is 0 Å². The number of likely N-dealkylation sites (tertiary alicyclic amines) is 1. The Kier molecular flexibility index (Phi) is 7.26. The van der Waals surface area contributed by atoms with Crippen molar-refractivity contribution in [2.45, 2.75) is 50.6 Å². The summed E-state index contributed by atoms with van der Waals surface area (Å²) in [6, 6.07) is 0. The van der Waals surface area contributed by atoms with Crippen molar-refractivity contribution < 1.29 is 19.0 Å². The molecule has 118 valence electrons. The number of ether oxygens (including phenoxy) is 3. The second kappa shape index (κ2) is 8.20. The van der Waals surface area contributed by atoms with Gasteiger partial charge >= 0.3 is 6.09 Å². The Morgan fingerprint density at radius 2 is 1.95 bits per heavy atom. The molecule has 0 aromatic rings. The number of alkyl halides is 1. The average molecular weight is 352 g/mol. The molecule has 1 heterocycles. The summed E-state index contributed by atoms with van der Waals surface area (Å²) in [5, 5.41) is 0. The first-order valence-corrected chi connectivity index (χ1v) is 8.06. The number of rotatable bonds is 6. The fourth-order valence-electron chi connectivity index (χ4n) is 1.87. The molecule has 1 amide bonds. The highest BCUT2D eigenvalue weighted by Gasteiger charge is 2.36. The van der Waals surface area contributed by atoms with Crippen LogP contribution in [0.5, 0.6) is 0 Å². The predicted octanol–water partition coefficient (Wildman–Crippen LogP) is 2.81. The molecule has 2 unspecified atom stereocenters. The molecule has 1 aliphatic rings. The normalized spacial score (nSPS) is 23.1. The number of carbonyl (C=O) groups excluding carboxylic acids is 1. The third kappa shape index (κ3) is 6.41. The molecule has 0 aromatic heterocycles. The minimum Gasteiger partial charge on any atom is -0.444 e. The van der Waals surface area contributed by atoms with Gasteiger partial charge in [0.25, 0.3) is 0 Å². The highest BCUT2D eigenvalue weighted by Crippen LogP contribution is 2.22. The summed E-state index contributed by atoms with van der Waals surface area (Å²) < 4.78 is 16.5. The van der Waals surface area contributed by atoms with Crippen molar-refractivity contribution in [3.05, 3.63) is 0 Å². The Hall–Kier alpha value is -0.330. The van der Waals surface area contributed by atoms with Gasteiger partial charge in [0.05, 0.1) is 30.7 Å². The Bertz CT molecular complexity index is 306. The molecule has 1 aliphatic heterocycles. The van der Waals surface area contributed by atoms with Crippen LogP contribution in [0.25, 0.3) is 0 Å². The van der Waals surface area contributed by atoms with E-state index in [-0.39, 0.29) is 17.0 Å². The van der Waals surface area contributed by atoms with Gasteiger partial charge in [0, 0.05) is 13.2 Å². The lowest BCUT2D eigenvalue weighted by Gasteiger charge is -2.24. The van der Waals surface area contributed by atoms with Gasteiger partial charge in [-0.1, -0.05) is 22.9 Å². The lowest BCUT2D eigenvalue weighted by Crippen LogP contribution is -2.36. The van der Waals surface area contributed by atoms with Gasteiger partial charge in [0.2, 0.25) is 0 Å². The minimum atomic E-state index is -0.466. The van der Waals surface area contributed by atoms with E-state index in [9.17, 15) is 4.79 Å². The molecule has 1 saturated heterocycles. The second-order valence-corrected chi connectivity index (χ2v) is 7.10. The van der Waals surface area contributed by atoms with Gasteiger partial charge < -0.3 is 19.1 Å². The van der Waals surface area contributed by atoms with Gasteiger partial charge in [-0.3, -0.25) is 0 Å². The molecule has 0 saturated carbocycles. The lowest BCUT2D eigenvalue weighted by molar-refractivity contribution is 0.00423. The van der Waals surface area contributed by atoms with E-state index < -0.39 is 5.60 Å². The fraction of sp³-hybridized carbons (Fsp3) is 0.929. The number of carbonyl (C=O) groups is 1. The van der Waals surface area contributed by atoms with E-state index >= 15 is 0 Å². The van der Waals surface area contributed by atoms with Crippen molar-refractivity contribution >= 4 is 22.0 Å². The summed E-state index contributed by atoms with van der Waals surface area (Å²) in [5.74, 6) is 0. The van der Waals surface area contributed by atoms with Crippen LogP contribution in [0.1, 0.15) is 34.1 Å². The van der Waals surface area contributed by atoms with Crippen LogP contribution in [0.4, 0.5) is 4.79 Å². The zero-order valence-electron chi connectivity index (χ0n) is 12.9. The number of hydrogen-bond acceptors (Lipinski definition) is 4. The van der Waals surface area contributed by atoms with Crippen molar-refractivity contribution in [1.82, 2.24) is 4.90 Å². The fourth-order valence-corrected chi connectivity index (χ4v) is 2.54. The van der Waals surface area contributed by atoms with Crippen LogP contribution in [0.3, 0.4) is 0 Å². The molecule has 2 atom stereocenters. The molecule has 1 fully saturated rings. The molecule has 0 aromatic carbocycles. The summed E-state index contributed by atoms with van der Waals surface area (Å²) in [6.45, 7) is 10.7. The molecule has 1 rings (SSSR count). The van der Waals surface area contributed by atoms with Crippen molar-refractivity contribution in [2.24, 2.45) is 0 Å². The van der Waals surface area contributed by atoms with Crippen LogP contribution in [0.15, 0.2) is 0 Å². The maximum atomic E-state index is 12.0. The molecule has 0 bridgehead atoms. The first-order valence-electron chi connectivity index (χ1n) is 7.15. The molecule has 5 nitrogen and oxygen atoms in total. The quantitative estimate of drug-likeness (QED) is 0.545. The first-order chi connectivity index (χ1) is 9.33. The van der Waals surface area contributed by atoms with E-state index in [1.54, 1.807) is 4.90 Å². The van der Waals surface area contributed by atoms with Crippen LogP contribution in [-0.4, -0.2) is 60.4 Å². The average Bonchev–Trinajstić information content (AvgIpc) is 2.69. The third-order valence-electron chi connectivity index (χ3n) is 2.76. The zero-order chi connectivity index (χ0) is 15.2. The SMILES string of the molecule is CCCOCCOC1CN(C(=O)OC(C)(C)C)CC1Br. The first kappa shape index (κ1) is 17.7. The molecule has 0 radical (unpaired) electrons. The number of amides is 1. The van der Waals surface area contributed by atoms with Gasteiger partial charge in [-0.05, 0) is 27.2 Å². The molecular formula is C14H26BrNO4. The Morgan fingerprint density at radius 1 is 1.25 bits per heavy atom. The number of hydrogen-bond donors (Lipinski definition) is 0. The zero-order valence-corrected chi connectivity index (χ0v) is 14.4. The van der Waals surface area contributed by atoms with Gasteiger partial charge in [0.15, 0.2) is 0 Å². The smallest absolute Gasteiger partial charge is 0.410 e. The van der Waals surface area contributed by atoms with E-state index in [1.165, 1.54) is 0 Å². The van der Waals surface area contributed by atoms with Crippen molar-refractivity contribution in [2.75, 3.05) is 32.9 Å². The molecular weight excluding hydrogens is 326 g/mol. The topological polar surface area (TPSA) is 48.0 Å². The molecule has 6 heteroatoms. The summed E-state index contributed by atoms with van der Waals surface area (Å²) in [7, 11) is 0. The van der Waals surface area contributed by atoms with E-state index in [2.05, 4.69) is 22.9 Å². The highest BCUT2D eigenvalue weighted by atomic mass is 79.9. The lowest BCUT2D eigenvalue weighted by atomic mass is 10.2. The van der Waals surface area contributed by atoms with Crippen molar-refractivity contribution in [3.8, 4) is 0 Å². The highest BCUT2D eigenvalue weighted by molar-refractivity contribution is 9.09. The van der Waals surface area contributed by atoms with Crippen molar-refractivity contribution in [3.63, 3.8) is 0 Å². The largest absolute Gasteiger partial charge is 0.444 e. The molecule has 0 spiro atoms. The maximum absolute atomic E-state index is 12.0. The Labute approximate surface area is 130 Å². The van der Waals surface area contributed by atoms with Crippen molar-refractivity contribution in [1.29, 1.82) is 0 Å². The summed E-state index contributed by atoms with van der Waals surface area (Å²) in [4.78, 5) is 13.8. The maximum Gasteiger partial charge on any atom is 0.410 e. The van der Waals surface area contributed by atoms with E-state index in [4.69, 9.17) is 14.2 Å². The van der Waals surface area contributed by atoms with E-state index in [1.807, 2.05) is 20.8 Å². The van der Waals surface area contributed by atoms with E-state index in [0.29, 0.717) is 26.3 Å². The summed E-state index contributed by atoms with van der Waals surface area (Å²) >= 11 is 3.56.